The second kappa shape index (κ2) is 10.2. The molecule has 124 valence electrons. The number of hydrogen-bond donors (Lipinski definition) is 2. The molecule has 1 aromatic rings. The average Bonchev–Trinajstić information content (AvgIpc) is 2.54. The van der Waals surface area contributed by atoms with E-state index in [4.69, 9.17) is 0 Å². The molecule has 0 heterocycles. The van der Waals surface area contributed by atoms with Crippen molar-refractivity contribution in [2.45, 2.75) is 46.2 Å². The third-order valence-electron chi connectivity index (χ3n) is 4.06. The standard InChI is InChI=1S/C18H32N4/c1-6-15(3)22(5)14-13-20-18(19-7-2)21-16(4)17-11-9-8-10-12-17/h8-12,15-16H,6-7,13-14H2,1-5H3,(H2,19,20,21). The van der Waals surface area contributed by atoms with E-state index in [0.29, 0.717) is 6.04 Å². The molecule has 0 bridgehead atoms. The number of aliphatic imine (C=N–C) groups is 1. The van der Waals surface area contributed by atoms with Crippen LogP contribution >= 0.6 is 0 Å². The highest BCUT2D eigenvalue weighted by Crippen LogP contribution is 2.10. The second-order valence-corrected chi connectivity index (χ2v) is 5.78. The van der Waals surface area contributed by atoms with Gasteiger partial charge in [0.15, 0.2) is 5.96 Å². The van der Waals surface area contributed by atoms with Gasteiger partial charge >= 0.3 is 0 Å². The first-order valence-corrected chi connectivity index (χ1v) is 8.38. The SMILES string of the molecule is CCNC(=NCCN(C)C(C)CC)NC(C)c1ccccc1. The zero-order valence-corrected chi connectivity index (χ0v) is 14.8. The van der Waals surface area contributed by atoms with Crippen LogP contribution in [0.25, 0.3) is 0 Å². The largest absolute Gasteiger partial charge is 0.357 e. The summed E-state index contributed by atoms with van der Waals surface area (Å²) in [5.74, 6) is 0.886. The summed E-state index contributed by atoms with van der Waals surface area (Å²) in [6.45, 7) is 11.4. The summed E-state index contributed by atoms with van der Waals surface area (Å²) in [6, 6.07) is 11.3. The molecule has 0 saturated carbocycles. The zero-order chi connectivity index (χ0) is 16.4. The quantitative estimate of drug-likeness (QED) is 0.573. The van der Waals surface area contributed by atoms with Crippen molar-refractivity contribution in [3.63, 3.8) is 0 Å². The predicted octanol–water partition coefficient (Wildman–Crippen LogP) is 3.03. The Kier molecular flexibility index (Phi) is 8.60. The van der Waals surface area contributed by atoms with E-state index in [1.54, 1.807) is 0 Å². The van der Waals surface area contributed by atoms with E-state index in [0.717, 1.165) is 25.6 Å². The molecular weight excluding hydrogens is 272 g/mol. The van der Waals surface area contributed by atoms with Gasteiger partial charge in [0.25, 0.3) is 0 Å². The lowest BCUT2D eigenvalue weighted by atomic mass is 10.1. The lowest BCUT2D eigenvalue weighted by Gasteiger charge is -2.23. The molecule has 4 heteroatoms. The maximum Gasteiger partial charge on any atom is 0.191 e. The molecule has 0 spiro atoms. The smallest absolute Gasteiger partial charge is 0.191 e. The van der Waals surface area contributed by atoms with Gasteiger partial charge in [-0.2, -0.15) is 0 Å². The van der Waals surface area contributed by atoms with Gasteiger partial charge in [-0.1, -0.05) is 37.3 Å². The van der Waals surface area contributed by atoms with Crippen LogP contribution in [-0.2, 0) is 0 Å². The number of rotatable bonds is 8. The Labute approximate surface area is 136 Å². The molecule has 0 radical (unpaired) electrons. The minimum atomic E-state index is 0.242. The first-order chi connectivity index (χ1) is 10.6. The Hall–Kier alpha value is -1.55. The van der Waals surface area contributed by atoms with Crippen molar-refractivity contribution < 1.29 is 0 Å². The van der Waals surface area contributed by atoms with Gasteiger partial charge in [-0.3, -0.25) is 4.99 Å². The van der Waals surface area contributed by atoms with Gasteiger partial charge in [0, 0.05) is 19.1 Å². The number of hydrogen-bond acceptors (Lipinski definition) is 2. The molecule has 0 fully saturated rings. The highest BCUT2D eigenvalue weighted by atomic mass is 15.2. The molecular formula is C18H32N4. The summed E-state index contributed by atoms with van der Waals surface area (Å²) < 4.78 is 0. The van der Waals surface area contributed by atoms with Crippen LogP contribution in [-0.4, -0.2) is 43.6 Å². The summed E-state index contributed by atoms with van der Waals surface area (Å²) in [7, 11) is 2.16. The summed E-state index contributed by atoms with van der Waals surface area (Å²) >= 11 is 0. The van der Waals surface area contributed by atoms with Gasteiger partial charge in [-0.15, -0.1) is 0 Å². The van der Waals surface area contributed by atoms with Crippen molar-refractivity contribution in [1.82, 2.24) is 15.5 Å². The third-order valence-corrected chi connectivity index (χ3v) is 4.06. The fraction of sp³-hybridized carbons (Fsp3) is 0.611. The van der Waals surface area contributed by atoms with Gasteiger partial charge in [-0.05, 0) is 39.8 Å². The molecule has 1 aromatic carbocycles. The molecule has 0 amide bonds. The fourth-order valence-corrected chi connectivity index (χ4v) is 2.20. The van der Waals surface area contributed by atoms with Gasteiger partial charge < -0.3 is 15.5 Å². The van der Waals surface area contributed by atoms with E-state index in [1.165, 1.54) is 12.0 Å². The molecule has 2 atom stereocenters. The Balaban J connectivity index is 2.55. The van der Waals surface area contributed by atoms with Crippen molar-refractivity contribution >= 4 is 5.96 Å². The maximum atomic E-state index is 4.69. The lowest BCUT2D eigenvalue weighted by Crippen LogP contribution is -2.39. The van der Waals surface area contributed by atoms with Gasteiger partial charge in [0.1, 0.15) is 0 Å². The topological polar surface area (TPSA) is 39.7 Å². The molecule has 2 N–H and O–H groups in total. The van der Waals surface area contributed by atoms with Gasteiger partial charge in [0.2, 0.25) is 0 Å². The number of benzene rings is 1. The van der Waals surface area contributed by atoms with Crippen LogP contribution in [0.5, 0.6) is 0 Å². The molecule has 2 unspecified atom stereocenters. The lowest BCUT2D eigenvalue weighted by molar-refractivity contribution is 0.259. The Morgan fingerprint density at radius 1 is 1.18 bits per heavy atom. The van der Waals surface area contributed by atoms with E-state index >= 15 is 0 Å². The summed E-state index contributed by atoms with van der Waals surface area (Å²) in [5.41, 5.74) is 1.27. The van der Waals surface area contributed by atoms with E-state index in [1.807, 2.05) is 6.07 Å². The highest BCUT2D eigenvalue weighted by molar-refractivity contribution is 5.80. The normalized spacial score (nSPS) is 14.7. The van der Waals surface area contributed by atoms with Crippen molar-refractivity contribution in [1.29, 1.82) is 0 Å². The molecule has 22 heavy (non-hydrogen) atoms. The molecule has 0 aliphatic carbocycles. The minimum absolute atomic E-state index is 0.242. The molecule has 4 nitrogen and oxygen atoms in total. The number of guanidine groups is 1. The average molecular weight is 304 g/mol. The van der Waals surface area contributed by atoms with Crippen LogP contribution in [0.15, 0.2) is 35.3 Å². The number of nitrogens with zero attached hydrogens (tertiary/aromatic N) is 2. The van der Waals surface area contributed by atoms with Crippen molar-refractivity contribution in [2.75, 3.05) is 26.7 Å². The first kappa shape index (κ1) is 18.5. The number of nitrogens with one attached hydrogen (secondary N) is 2. The van der Waals surface area contributed by atoms with Crippen molar-refractivity contribution in [2.24, 2.45) is 4.99 Å². The second-order valence-electron chi connectivity index (χ2n) is 5.78. The van der Waals surface area contributed by atoms with E-state index in [-0.39, 0.29) is 6.04 Å². The third kappa shape index (κ3) is 6.48. The highest BCUT2D eigenvalue weighted by Gasteiger charge is 2.08. The van der Waals surface area contributed by atoms with Gasteiger partial charge in [-0.25, -0.2) is 0 Å². The summed E-state index contributed by atoms with van der Waals surface area (Å²) in [6.07, 6.45) is 1.17. The Bertz CT molecular complexity index is 430. The van der Waals surface area contributed by atoms with Crippen molar-refractivity contribution in [3.8, 4) is 0 Å². The van der Waals surface area contributed by atoms with Crippen LogP contribution in [0.2, 0.25) is 0 Å². The van der Waals surface area contributed by atoms with Crippen LogP contribution in [0.4, 0.5) is 0 Å². The Morgan fingerprint density at radius 3 is 2.45 bits per heavy atom. The number of likely N-dealkylation sites (N-methyl/N-ethyl adjacent to an activating group) is 1. The molecule has 0 aliphatic heterocycles. The zero-order valence-electron chi connectivity index (χ0n) is 14.8. The van der Waals surface area contributed by atoms with Crippen LogP contribution in [0, 0.1) is 0 Å². The summed E-state index contributed by atoms with van der Waals surface area (Å²) in [5, 5.41) is 6.79. The van der Waals surface area contributed by atoms with Crippen molar-refractivity contribution in [3.05, 3.63) is 35.9 Å². The molecule has 1 rings (SSSR count). The van der Waals surface area contributed by atoms with E-state index in [2.05, 4.69) is 79.5 Å². The maximum absolute atomic E-state index is 4.69. The predicted molar refractivity (Wildman–Crippen MR) is 96.4 cm³/mol. The monoisotopic (exact) mass is 304 g/mol. The molecule has 0 saturated heterocycles. The first-order valence-electron chi connectivity index (χ1n) is 8.38. The summed E-state index contributed by atoms with van der Waals surface area (Å²) in [4.78, 5) is 7.04. The minimum Gasteiger partial charge on any atom is -0.357 e. The Morgan fingerprint density at radius 2 is 1.86 bits per heavy atom. The van der Waals surface area contributed by atoms with Crippen LogP contribution in [0.3, 0.4) is 0 Å². The molecule has 0 aromatic heterocycles. The fourth-order valence-electron chi connectivity index (χ4n) is 2.20. The van der Waals surface area contributed by atoms with Gasteiger partial charge in [0.05, 0.1) is 12.6 Å². The van der Waals surface area contributed by atoms with E-state index in [9.17, 15) is 0 Å². The van der Waals surface area contributed by atoms with Crippen LogP contribution in [0.1, 0.15) is 45.7 Å². The molecule has 0 aliphatic rings. The van der Waals surface area contributed by atoms with E-state index < -0.39 is 0 Å². The van der Waals surface area contributed by atoms with Crippen LogP contribution < -0.4 is 10.6 Å².